The highest BCUT2D eigenvalue weighted by molar-refractivity contribution is 7.15. The van der Waals surface area contributed by atoms with Crippen molar-refractivity contribution in [2.45, 2.75) is 13.1 Å². The second-order valence-electron chi connectivity index (χ2n) is 7.02. The van der Waals surface area contributed by atoms with Crippen LogP contribution >= 0.6 is 11.3 Å². The van der Waals surface area contributed by atoms with Crippen LogP contribution < -0.4 is 15.0 Å². The molecule has 4 rings (SSSR count). The van der Waals surface area contributed by atoms with Crippen LogP contribution in [0.4, 0.5) is 0 Å². The third kappa shape index (κ3) is 3.94. The van der Waals surface area contributed by atoms with Gasteiger partial charge in [0.25, 0.3) is 5.56 Å². The molecule has 0 saturated heterocycles. The number of thiazole rings is 1. The maximum Gasteiger partial charge on any atom is 0.259 e. The third-order valence-electron chi connectivity index (χ3n) is 4.88. The third-order valence-corrected chi connectivity index (χ3v) is 5.71. The molecule has 0 unspecified atom stereocenters. The summed E-state index contributed by atoms with van der Waals surface area (Å²) in [6, 6.07) is 17.3. The number of aromatic nitrogens is 2. The Balaban J connectivity index is 1.59. The molecule has 0 N–H and O–H groups in total. The summed E-state index contributed by atoms with van der Waals surface area (Å²) >= 11 is 1.48. The second kappa shape index (κ2) is 8.69. The van der Waals surface area contributed by atoms with E-state index in [-0.39, 0.29) is 5.56 Å². The number of fused-ring (bicyclic) bond motifs is 1. The molecule has 0 radical (unpaired) electrons. The lowest BCUT2D eigenvalue weighted by Gasteiger charge is -2.19. The smallest absolute Gasteiger partial charge is 0.259 e. The molecule has 0 atom stereocenters. The molecule has 6 nitrogen and oxygen atoms in total. The number of hydrogen-bond acceptors (Lipinski definition) is 6. The molecule has 2 aromatic heterocycles. The van der Waals surface area contributed by atoms with E-state index in [2.05, 4.69) is 4.90 Å². The second-order valence-corrected chi connectivity index (χ2v) is 7.85. The van der Waals surface area contributed by atoms with Crippen LogP contribution in [0.2, 0.25) is 0 Å². The van der Waals surface area contributed by atoms with E-state index in [1.807, 2.05) is 61.0 Å². The Labute approximate surface area is 179 Å². The first-order chi connectivity index (χ1) is 14.6. The van der Waals surface area contributed by atoms with Gasteiger partial charge in [0, 0.05) is 30.1 Å². The fourth-order valence-electron chi connectivity index (χ4n) is 3.56. The molecule has 0 aliphatic rings. The van der Waals surface area contributed by atoms with Gasteiger partial charge in [-0.25, -0.2) is 4.98 Å². The minimum atomic E-state index is -0.0672. The summed E-state index contributed by atoms with van der Waals surface area (Å²) < 4.78 is 12.6. The zero-order valence-electron chi connectivity index (χ0n) is 17.2. The van der Waals surface area contributed by atoms with E-state index in [0.717, 1.165) is 28.3 Å². The van der Waals surface area contributed by atoms with Crippen LogP contribution in [-0.2, 0) is 13.1 Å². The maximum absolute atomic E-state index is 12.9. The number of para-hydroxylation sites is 1. The van der Waals surface area contributed by atoms with E-state index in [1.165, 1.54) is 11.3 Å². The van der Waals surface area contributed by atoms with E-state index in [4.69, 9.17) is 14.5 Å². The molecule has 0 aliphatic carbocycles. The Kier molecular flexibility index (Phi) is 5.83. The monoisotopic (exact) mass is 421 g/mol. The van der Waals surface area contributed by atoms with Crippen molar-refractivity contribution in [1.82, 2.24) is 14.3 Å². The van der Waals surface area contributed by atoms with Crippen LogP contribution in [0.25, 0.3) is 16.2 Å². The van der Waals surface area contributed by atoms with Gasteiger partial charge in [-0.1, -0.05) is 42.5 Å². The first-order valence-corrected chi connectivity index (χ1v) is 10.4. The largest absolute Gasteiger partial charge is 0.493 e. The van der Waals surface area contributed by atoms with Gasteiger partial charge in [-0.3, -0.25) is 14.1 Å². The van der Waals surface area contributed by atoms with Crippen LogP contribution in [0, 0.1) is 0 Å². The molecule has 0 amide bonds. The number of benzene rings is 2. The molecule has 30 heavy (non-hydrogen) atoms. The molecule has 0 saturated carbocycles. The normalized spacial score (nSPS) is 11.2. The summed E-state index contributed by atoms with van der Waals surface area (Å²) in [6.07, 6.45) is 0. The van der Waals surface area contributed by atoms with Gasteiger partial charge in [-0.2, -0.15) is 0 Å². The van der Waals surface area contributed by atoms with E-state index in [0.29, 0.717) is 23.8 Å². The lowest BCUT2D eigenvalue weighted by atomic mass is 10.1. The van der Waals surface area contributed by atoms with Crippen LogP contribution in [-0.4, -0.2) is 35.6 Å². The van der Waals surface area contributed by atoms with Crippen LogP contribution in [0.5, 0.6) is 11.5 Å². The van der Waals surface area contributed by atoms with Crippen molar-refractivity contribution >= 4 is 16.3 Å². The molecule has 2 heterocycles. The molecule has 0 fully saturated rings. The molecule has 0 bridgehead atoms. The zero-order valence-corrected chi connectivity index (χ0v) is 18.0. The number of hydrogen-bond donors (Lipinski definition) is 0. The van der Waals surface area contributed by atoms with E-state index >= 15 is 0 Å². The quantitative estimate of drug-likeness (QED) is 0.450. The van der Waals surface area contributed by atoms with Crippen molar-refractivity contribution in [2.24, 2.45) is 0 Å². The predicted octanol–water partition coefficient (Wildman–Crippen LogP) is 4.07. The highest BCUT2D eigenvalue weighted by Crippen LogP contribution is 2.31. The van der Waals surface area contributed by atoms with Crippen molar-refractivity contribution in [2.75, 3.05) is 21.3 Å². The molecule has 154 valence electrons. The average molecular weight is 422 g/mol. The van der Waals surface area contributed by atoms with Gasteiger partial charge < -0.3 is 9.47 Å². The summed E-state index contributed by atoms with van der Waals surface area (Å²) in [5, 5.41) is 1.98. The maximum atomic E-state index is 12.9. The summed E-state index contributed by atoms with van der Waals surface area (Å²) in [6.45, 7) is 1.19. The number of methoxy groups -OCH3 is 2. The highest BCUT2D eigenvalue weighted by atomic mass is 32.1. The van der Waals surface area contributed by atoms with Crippen molar-refractivity contribution in [3.63, 3.8) is 0 Å². The number of ether oxygens (including phenoxy) is 2. The molecule has 4 aromatic rings. The van der Waals surface area contributed by atoms with Crippen molar-refractivity contribution < 1.29 is 9.47 Å². The summed E-state index contributed by atoms with van der Waals surface area (Å²) in [5.74, 6) is 1.43. The topological polar surface area (TPSA) is 56.1 Å². The molecular formula is C23H23N3O3S. The minimum absolute atomic E-state index is 0.0672. The fourth-order valence-corrected chi connectivity index (χ4v) is 4.48. The van der Waals surface area contributed by atoms with Gasteiger partial charge in [0.1, 0.15) is 0 Å². The standard InChI is InChI=1S/C23H23N3O3S/c1-25(13-17-10-7-11-20(28-2)22(17)29-3)14-18-12-21(27)26-19(15-30-23(26)24-18)16-8-5-4-6-9-16/h4-12,15H,13-14H2,1-3H3. The van der Waals surface area contributed by atoms with Crippen LogP contribution in [0.1, 0.15) is 11.3 Å². The number of rotatable bonds is 7. The molecule has 7 heteroatoms. The predicted molar refractivity (Wildman–Crippen MR) is 119 cm³/mol. The first-order valence-electron chi connectivity index (χ1n) is 9.54. The number of nitrogens with zero attached hydrogens (tertiary/aromatic N) is 3. The van der Waals surface area contributed by atoms with Gasteiger partial charge >= 0.3 is 0 Å². The first kappa shape index (κ1) is 20.1. The van der Waals surface area contributed by atoms with Crippen molar-refractivity contribution in [3.8, 4) is 22.8 Å². The molecule has 2 aromatic carbocycles. The Morgan fingerprint density at radius 2 is 1.83 bits per heavy atom. The minimum Gasteiger partial charge on any atom is -0.493 e. The summed E-state index contributed by atoms with van der Waals surface area (Å²) in [7, 11) is 5.26. The fraction of sp³-hybridized carbons (Fsp3) is 0.217. The lowest BCUT2D eigenvalue weighted by Crippen LogP contribution is -2.21. The van der Waals surface area contributed by atoms with Gasteiger partial charge in [-0.05, 0) is 18.7 Å². The Bertz CT molecular complexity index is 1220. The van der Waals surface area contributed by atoms with Crippen molar-refractivity contribution in [3.05, 3.63) is 81.6 Å². The van der Waals surface area contributed by atoms with Gasteiger partial charge in [0.15, 0.2) is 16.5 Å². The van der Waals surface area contributed by atoms with Gasteiger partial charge in [0.2, 0.25) is 0 Å². The zero-order chi connectivity index (χ0) is 21.1. The van der Waals surface area contributed by atoms with Crippen LogP contribution in [0.3, 0.4) is 0 Å². The van der Waals surface area contributed by atoms with E-state index < -0.39 is 0 Å². The van der Waals surface area contributed by atoms with Gasteiger partial charge in [0.05, 0.1) is 25.6 Å². The Hall–Kier alpha value is -3.16. The Morgan fingerprint density at radius 3 is 2.57 bits per heavy atom. The highest BCUT2D eigenvalue weighted by Gasteiger charge is 2.14. The summed E-state index contributed by atoms with van der Waals surface area (Å²) in [5.41, 5.74) is 3.56. The molecule has 0 spiro atoms. The van der Waals surface area contributed by atoms with E-state index in [9.17, 15) is 4.79 Å². The van der Waals surface area contributed by atoms with Crippen molar-refractivity contribution in [1.29, 1.82) is 0 Å². The molecular weight excluding hydrogens is 398 g/mol. The Morgan fingerprint density at radius 1 is 1.03 bits per heavy atom. The van der Waals surface area contributed by atoms with Crippen LogP contribution in [0.15, 0.2) is 64.8 Å². The lowest BCUT2D eigenvalue weighted by molar-refractivity contribution is 0.300. The van der Waals surface area contributed by atoms with Gasteiger partial charge in [-0.15, -0.1) is 11.3 Å². The van der Waals surface area contributed by atoms with E-state index in [1.54, 1.807) is 24.7 Å². The molecule has 0 aliphatic heterocycles. The summed E-state index contributed by atoms with van der Waals surface area (Å²) in [4.78, 5) is 20.4. The average Bonchev–Trinajstić information content (AvgIpc) is 3.18. The SMILES string of the molecule is COc1cccc(CN(C)Cc2cc(=O)n3c(-c4ccccc4)csc3n2)c1OC.